The van der Waals surface area contributed by atoms with Crippen LogP contribution in [0.3, 0.4) is 0 Å². The van der Waals surface area contributed by atoms with E-state index in [4.69, 9.17) is 24.7 Å². The van der Waals surface area contributed by atoms with Crippen LogP contribution in [0.1, 0.15) is 215 Å². The van der Waals surface area contributed by atoms with Crippen LogP contribution < -0.4 is 11.1 Å². The van der Waals surface area contributed by atoms with Crippen LogP contribution in [-0.4, -0.2) is 61.4 Å². The number of unbranched alkanes of at least 4 members (excludes halogenated alkanes) is 18. The zero-order valence-corrected chi connectivity index (χ0v) is 36.1. The Bertz CT molecular complexity index is 898. The summed E-state index contributed by atoms with van der Waals surface area (Å²) in [4.78, 5) is 43.9. The van der Waals surface area contributed by atoms with E-state index in [1.54, 1.807) is 20.8 Å². The van der Waals surface area contributed by atoms with Crippen LogP contribution in [0.15, 0.2) is 0 Å². The largest absolute Gasteiger partial charge is 0.461 e. The summed E-state index contributed by atoms with van der Waals surface area (Å²) in [6, 6.07) is 0. The van der Waals surface area contributed by atoms with E-state index >= 15 is 0 Å². The number of alkyl halides is 3. The van der Waals surface area contributed by atoms with Crippen molar-refractivity contribution in [3.05, 3.63) is 0 Å². The van der Waals surface area contributed by atoms with Crippen LogP contribution >= 0.6 is 0 Å². The third kappa shape index (κ3) is 49.6. The number of nitrogens with one attached hydrogen (secondary N) is 1. The van der Waals surface area contributed by atoms with E-state index in [9.17, 15) is 27.6 Å². The van der Waals surface area contributed by atoms with Gasteiger partial charge in [0.1, 0.15) is 24.4 Å². The first kappa shape index (κ1) is 57.0. The second-order valence-electron chi connectivity index (χ2n) is 15.5. The molecule has 0 aromatic carbocycles. The molecule has 9 nitrogen and oxygen atoms in total. The summed E-state index contributed by atoms with van der Waals surface area (Å²) in [5.74, 6) is -0.630. The number of esters is 2. The monoisotopic (exact) mass is 797 g/mol. The maximum Gasteiger partial charge on any atom is 0.446 e. The Hall–Kier alpha value is -2.37. The zero-order chi connectivity index (χ0) is 42.2. The Kier molecular flexibility index (Phi) is 41.3. The number of rotatable bonds is 31. The highest BCUT2D eigenvalue weighted by molar-refractivity contribution is 5.78. The third-order valence-electron chi connectivity index (χ3n) is 8.69. The van der Waals surface area contributed by atoms with Crippen molar-refractivity contribution in [2.75, 3.05) is 13.1 Å². The lowest BCUT2D eigenvalue weighted by molar-refractivity contribution is -0.156. The SMILES string of the molecule is CCCCCCCCC(CCCCCCC)OC(=O)CN.CCCCCCCCC(CCCCCCC)OC(=O)CNC(=O)OC(C)(C)C.O=CC(F)(F)F. The summed E-state index contributed by atoms with van der Waals surface area (Å²) in [7, 11) is 0. The fraction of sp³-hybridized carbons (Fsp3) is 0.907. The molecule has 0 aliphatic rings. The second kappa shape index (κ2) is 39.8. The number of aldehydes is 1. The maximum absolute atomic E-state index is 12.1. The lowest BCUT2D eigenvalue weighted by Crippen LogP contribution is -2.37. The Balaban J connectivity index is -0.000000879. The van der Waals surface area contributed by atoms with Gasteiger partial charge in [0.05, 0.1) is 6.54 Å². The highest BCUT2D eigenvalue weighted by Gasteiger charge is 2.25. The minimum absolute atomic E-state index is 0.00281. The molecule has 12 heteroatoms. The van der Waals surface area contributed by atoms with Crippen LogP contribution in [0, 0.1) is 0 Å². The van der Waals surface area contributed by atoms with Gasteiger partial charge in [-0.15, -0.1) is 0 Å². The summed E-state index contributed by atoms with van der Waals surface area (Å²) in [5.41, 5.74) is 4.77. The molecule has 0 saturated heterocycles. The molecule has 2 atom stereocenters. The molecule has 3 N–H and O–H groups in total. The summed E-state index contributed by atoms with van der Waals surface area (Å²) < 4.78 is 47.5. The number of alkyl carbamates (subject to hydrolysis) is 1. The molecule has 55 heavy (non-hydrogen) atoms. The first-order chi connectivity index (χ1) is 26.1. The average molecular weight is 797 g/mol. The van der Waals surface area contributed by atoms with Crippen LogP contribution in [0.5, 0.6) is 0 Å². The zero-order valence-electron chi connectivity index (χ0n) is 36.1. The van der Waals surface area contributed by atoms with E-state index in [1.807, 2.05) is 0 Å². The van der Waals surface area contributed by atoms with Crippen molar-refractivity contribution in [2.24, 2.45) is 5.73 Å². The van der Waals surface area contributed by atoms with E-state index in [1.165, 1.54) is 128 Å². The molecule has 0 aromatic rings. The van der Waals surface area contributed by atoms with Gasteiger partial charge in [0.2, 0.25) is 6.29 Å². The molecule has 0 spiro atoms. The molecular formula is C43H83F3N2O7. The predicted octanol–water partition coefficient (Wildman–Crippen LogP) is 12.2. The molecule has 1 amide bonds. The van der Waals surface area contributed by atoms with Gasteiger partial charge in [0, 0.05) is 0 Å². The molecule has 0 radical (unpaired) electrons. The Morgan fingerprint density at radius 2 is 0.855 bits per heavy atom. The number of hydrogen-bond donors (Lipinski definition) is 2. The van der Waals surface area contributed by atoms with Gasteiger partial charge in [-0.3, -0.25) is 14.4 Å². The van der Waals surface area contributed by atoms with Crippen LogP contribution in [0.25, 0.3) is 0 Å². The number of nitrogens with two attached hydrogens (primary N) is 1. The lowest BCUT2D eigenvalue weighted by Gasteiger charge is -2.21. The highest BCUT2D eigenvalue weighted by atomic mass is 19.4. The molecule has 328 valence electrons. The normalized spacial score (nSPS) is 12.3. The first-order valence-corrected chi connectivity index (χ1v) is 21.7. The third-order valence-corrected chi connectivity index (χ3v) is 8.69. The van der Waals surface area contributed by atoms with Crippen molar-refractivity contribution in [3.63, 3.8) is 0 Å². The number of ether oxygens (including phenoxy) is 3. The van der Waals surface area contributed by atoms with Crippen molar-refractivity contribution < 1.29 is 46.6 Å². The Morgan fingerprint density at radius 3 is 1.13 bits per heavy atom. The minimum atomic E-state index is -4.64. The molecule has 0 rings (SSSR count). The summed E-state index contributed by atoms with van der Waals surface area (Å²) in [5, 5.41) is 2.48. The van der Waals surface area contributed by atoms with Gasteiger partial charge >= 0.3 is 24.2 Å². The summed E-state index contributed by atoms with van der Waals surface area (Å²) in [6.45, 7) is 14.1. The molecule has 0 aliphatic heterocycles. The van der Waals surface area contributed by atoms with Crippen molar-refractivity contribution in [1.29, 1.82) is 0 Å². The Morgan fingerprint density at radius 1 is 0.564 bits per heavy atom. The molecular weight excluding hydrogens is 713 g/mol. The van der Waals surface area contributed by atoms with Crippen LogP contribution in [0.2, 0.25) is 0 Å². The number of amides is 1. The highest BCUT2D eigenvalue weighted by Crippen LogP contribution is 2.18. The van der Waals surface area contributed by atoms with E-state index in [-0.39, 0.29) is 37.2 Å². The van der Waals surface area contributed by atoms with Gasteiger partial charge < -0.3 is 25.3 Å². The number of halogens is 3. The number of hydrogen-bond acceptors (Lipinski definition) is 8. The topological polar surface area (TPSA) is 134 Å². The Labute approximate surface area is 333 Å². The van der Waals surface area contributed by atoms with Gasteiger partial charge in [0.25, 0.3) is 0 Å². The molecule has 0 aromatic heterocycles. The summed E-state index contributed by atoms with van der Waals surface area (Å²) in [6.07, 6.45) is 25.0. The molecule has 0 aliphatic carbocycles. The smallest absolute Gasteiger partial charge is 0.446 e. The molecule has 2 unspecified atom stereocenters. The van der Waals surface area contributed by atoms with E-state index < -0.39 is 24.2 Å². The van der Waals surface area contributed by atoms with Gasteiger partial charge in [-0.1, -0.05) is 143 Å². The van der Waals surface area contributed by atoms with Crippen molar-refractivity contribution in [3.8, 4) is 0 Å². The number of carbonyl (C=O) groups is 4. The minimum Gasteiger partial charge on any atom is -0.461 e. The fourth-order valence-corrected chi connectivity index (χ4v) is 5.70. The molecule has 0 bridgehead atoms. The van der Waals surface area contributed by atoms with Gasteiger partial charge in [-0.05, 0) is 72.1 Å². The van der Waals surface area contributed by atoms with Gasteiger partial charge in [-0.2, -0.15) is 13.2 Å². The predicted molar refractivity (Wildman–Crippen MR) is 218 cm³/mol. The van der Waals surface area contributed by atoms with Gasteiger partial charge in [-0.25, -0.2) is 4.79 Å². The maximum atomic E-state index is 12.1. The number of carbonyl (C=O) groups excluding carboxylic acids is 4. The first-order valence-electron chi connectivity index (χ1n) is 21.7. The van der Waals surface area contributed by atoms with Crippen molar-refractivity contribution in [1.82, 2.24) is 5.32 Å². The molecule has 0 saturated carbocycles. The quantitative estimate of drug-likeness (QED) is 0.0306. The molecule has 0 heterocycles. The van der Waals surface area contributed by atoms with Gasteiger partial charge in [0.15, 0.2) is 0 Å². The van der Waals surface area contributed by atoms with Crippen LogP contribution in [0.4, 0.5) is 18.0 Å². The average Bonchev–Trinajstić information content (AvgIpc) is 3.12. The van der Waals surface area contributed by atoms with E-state index in [0.29, 0.717) is 0 Å². The second-order valence-corrected chi connectivity index (χ2v) is 15.5. The van der Waals surface area contributed by atoms with Crippen LogP contribution in [-0.2, 0) is 28.6 Å². The molecule has 0 fully saturated rings. The van der Waals surface area contributed by atoms with E-state index in [2.05, 4.69) is 33.0 Å². The fourth-order valence-electron chi connectivity index (χ4n) is 5.70. The summed E-state index contributed by atoms with van der Waals surface area (Å²) >= 11 is 0. The standard InChI is InChI=1S/C23H45NO4.C18H37NO2.C2HF3O/c1-6-8-10-12-14-16-18-20(17-15-13-11-9-7-2)27-21(25)19-24-22(26)28-23(3,4)5;1-3-5-7-9-11-13-15-17(21-18(20)16-19)14-12-10-8-6-4-2;3-2(4,5)1-6/h20H,6-19H2,1-5H3,(H,24,26);17H,3-16,19H2,1-2H3;1H. The van der Waals surface area contributed by atoms with E-state index in [0.717, 1.165) is 38.5 Å². The lowest BCUT2D eigenvalue weighted by atomic mass is 10.0. The van der Waals surface area contributed by atoms with Crippen molar-refractivity contribution in [2.45, 2.75) is 239 Å². The van der Waals surface area contributed by atoms with Crippen molar-refractivity contribution >= 4 is 24.3 Å².